The van der Waals surface area contributed by atoms with Crippen molar-refractivity contribution in [2.75, 3.05) is 12.3 Å². The Morgan fingerprint density at radius 3 is 2.42 bits per heavy atom. The van der Waals surface area contributed by atoms with Gasteiger partial charge in [0.1, 0.15) is 12.2 Å². The number of allylic oxidation sites excluding steroid dienone is 4. The zero-order valence-corrected chi connectivity index (χ0v) is 22.3. The molecule has 0 aliphatic heterocycles. The third kappa shape index (κ3) is 11.4. The summed E-state index contributed by atoms with van der Waals surface area (Å²) in [6, 6.07) is 20.3. The zero-order chi connectivity index (χ0) is 26.0. The van der Waals surface area contributed by atoms with Gasteiger partial charge in [0.05, 0.1) is 0 Å². The number of rotatable bonds is 12. The van der Waals surface area contributed by atoms with E-state index in [1.165, 1.54) is 11.1 Å². The topological polar surface area (TPSA) is 59.8 Å². The van der Waals surface area contributed by atoms with Crippen molar-refractivity contribution >= 4 is 18.5 Å². The van der Waals surface area contributed by atoms with E-state index in [1.54, 1.807) is 6.33 Å². The molecule has 0 unspecified atom stereocenters. The van der Waals surface area contributed by atoms with E-state index in [-0.39, 0.29) is 5.91 Å². The van der Waals surface area contributed by atoms with Crippen molar-refractivity contribution in [3.63, 3.8) is 0 Å². The second-order valence-electron chi connectivity index (χ2n) is 8.45. The van der Waals surface area contributed by atoms with Crippen molar-refractivity contribution in [3.05, 3.63) is 114 Å². The van der Waals surface area contributed by atoms with Crippen LogP contribution in [0.3, 0.4) is 0 Å². The van der Waals surface area contributed by atoms with Crippen LogP contribution in [0, 0.1) is 0 Å². The van der Waals surface area contributed by atoms with E-state index in [1.807, 2.05) is 72.2 Å². The predicted octanol–water partition coefficient (Wildman–Crippen LogP) is 6.33. The maximum atomic E-state index is 11.9. The molecule has 6 heteroatoms. The Kier molecular flexibility index (Phi) is 13.7. The van der Waals surface area contributed by atoms with E-state index in [0.29, 0.717) is 13.0 Å². The van der Waals surface area contributed by atoms with Crippen molar-refractivity contribution in [1.29, 1.82) is 0 Å². The number of nitrogens with one attached hydrogen (secondary N) is 1. The molecular formula is C30H38N4OS. The maximum absolute atomic E-state index is 11.9. The fourth-order valence-electron chi connectivity index (χ4n) is 3.56. The smallest absolute Gasteiger partial charge is 0.220 e. The molecule has 5 nitrogen and oxygen atoms in total. The number of hydrogen-bond acceptors (Lipinski definition) is 4. The molecule has 0 saturated carbocycles. The molecule has 0 saturated heterocycles. The quantitative estimate of drug-likeness (QED) is 0.173. The number of amides is 1. The van der Waals surface area contributed by atoms with Crippen LogP contribution in [0.15, 0.2) is 103 Å². The Labute approximate surface area is 221 Å². The van der Waals surface area contributed by atoms with Gasteiger partial charge in [0.15, 0.2) is 0 Å². The molecule has 0 aliphatic carbocycles. The molecule has 0 bridgehead atoms. The van der Waals surface area contributed by atoms with Crippen LogP contribution in [-0.4, -0.2) is 33.0 Å². The first-order chi connectivity index (χ1) is 17.5. The minimum absolute atomic E-state index is 0.116. The molecule has 1 amide bonds. The van der Waals surface area contributed by atoms with Gasteiger partial charge in [-0.05, 0) is 56.4 Å². The van der Waals surface area contributed by atoms with Crippen molar-refractivity contribution < 1.29 is 4.79 Å². The monoisotopic (exact) mass is 502 g/mol. The number of para-hydroxylation sites is 1. The molecule has 3 aromatic rings. The maximum Gasteiger partial charge on any atom is 0.220 e. The number of thiol groups is 1. The van der Waals surface area contributed by atoms with Crippen molar-refractivity contribution in [1.82, 2.24) is 20.1 Å². The number of carbonyl (C=O) groups excluding carboxylic acids is 1. The summed E-state index contributed by atoms with van der Waals surface area (Å²) in [7, 11) is 0. The summed E-state index contributed by atoms with van der Waals surface area (Å²) in [5.41, 5.74) is 4.58. The number of hydrogen-bond donors (Lipinski definition) is 2. The Bertz CT molecular complexity index is 1100. The average Bonchev–Trinajstić information content (AvgIpc) is 3.37. The summed E-state index contributed by atoms with van der Waals surface area (Å²) in [6.07, 6.45) is 11.8. The van der Waals surface area contributed by atoms with Crippen LogP contribution in [0.2, 0.25) is 0 Å². The number of benzene rings is 2. The van der Waals surface area contributed by atoms with Crippen molar-refractivity contribution in [2.24, 2.45) is 0 Å². The highest BCUT2D eigenvalue weighted by molar-refractivity contribution is 7.80. The standard InChI is InChI=1S/C21H24N4O.C9H14S/c26-21(22-16-15-18-9-3-1-4-10-18)14-8-7-13-20-24-23-17-25(20)19-11-5-2-6-12-19;1-4-5-8(2)6-9(3)7-10/h1-6,9-12,17H,7-8,13-16H2,(H,22,26);4-6,10H,3,7H2,1-2H3/b;5-4+,8-6-. The van der Waals surface area contributed by atoms with Gasteiger partial charge in [-0.1, -0.05) is 78.9 Å². The van der Waals surface area contributed by atoms with E-state index in [0.717, 1.165) is 48.5 Å². The number of aryl methyl sites for hydroxylation is 1. The number of aromatic nitrogens is 3. The molecule has 0 fully saturated rings. The van der Waals surface area contributed by atoms with Gasteiger partial charge in [0.25, 0.3) is 0 Å². The van der Waals surface area contributed by atoms with Gasteiger partial charge in [-0.2, -0.15) is 12.6 Å². The first kappa shape index (κ1) is 28.9. The average molecular weight is 503 g/mol. The highest BCUT2D eigenvalue weighted by Crippen LogP contribution is 2.11. The first-order valence-electron chi connectivity index (χ1n) is 12.4. The highest BCUT2D eigenvalue weighted by atomic mass is 32.1. The van der Waals surface area contributed by atoms with Gasteiger partial charge in [0.2, 0.25) is 5.91 Å². The zero-order valence-electron chi connectivity index (χ0n) is 21.4. The van der Waals surface area contributed by atoms with Gasteiger partial charge >= 0.3 is 0 Å². The molecule has 0 radical (unpaired) electrons. The summed E-state index contributed by atoms with van der Waals surface area (Å²) >= 11 is 4.09. The second kappa shape index (κ2) is 17.1. The van der Waals surface area contributed by atoms with Crippen LogP contribution in [0.4, 0.5) is 0 Å². The SMILES string of the molecule is C=C(/C=C(C)\C=C\C)CS.O=C(CCCCc1nncn1-c1ccccc1)NCCc1ccccc1. The Hall–Kier alpha value is -3.38. The lowest BCUT2D eigenvalue weighted by Crippen LogP contribution is -2.25. The molecule has 0 atom stereocenters. The lowest BCUT2D eigenvalue weighted by Gasteiger charge is -2.07. The van der Waals surface area contributed by atoms with Gasteiger partial charge in [-0.3, -0.25) is 9.36 Å². The normalized spacial score (nSPS) is 11.1. The van der Waals surface area contributed by atoms with E-state index in [2.05, 4.69) is 59.9 Å². The molecule has 3 rings (SSSR count). The van der Waals surface area contributed by atoms with Crippen molar-refractivity contribution in [2.45, 2.75) is 46.0 Å². The Balaban J connectivity index is 0.000000388. The molecule has 190 valence electrons. The number of nitrogens with zero attached hydrogens (tertiary/aromatic N) is 3. The van der Waals surface area contributed by atoms with Gasteiger partial charge in [-0.15, -0.1) is 10.2 Å². The van der Waals surface area contributed by atoms with Crippen LogP contribution >= 0.6 is 12.6 Å². The number of carbonyl (C=O) groups is 1. The second-order valence-corrected chi connectivity index (χ2v) is 8.77. The minimum Gasteiger partial charge on any atom is -0.356 e. The van der Waals surface area contributed by atoms with E-state index >= 15 is 0 Å². The summed E-state index contributed by atoms with van der Waals surface area (Å²) in [6.45, 7) is 8.55. The van der Waals surface area contributed by atoms with E-state index < -0.39 is 0 Å². The first-order valence-corrected chi connectivity index (χ1v) is 13.0. The molecule has 1 N–H and O–H groups in total. The fraction of sp³-hybridized carbons (Fsp3) is 0.300. The van der Waals surface area contributed by atoms with Gasteiger partial charge in [0, 0.05) is 30.8 Å². The summed E-state index contributed by atoms with van der Waals surface area (Å²) in [5, 5.41) is 11.2. The Morgan fingerprint density at radius 2 is 1.75 bits per heavy atom. The summed E-state index contributed by atoms with van der Waals surface area (Å²) in [4.78, 5) is 11.9. The molecule has 1 heterocycles. The Morgan fingerprint density at radius 1 is 1.06 bits per heavy atom. The lowest BCUT2D eigenvalue weighted by atomic mass is 10.1. The predicted molar refractivity (Wildman–Crippen MR) is 154 cm³/mol. The van der Waals surface area contributed by atoms with Gasteiger partial charge < -0.3 is 5.32 Å². The van der Waals surface area contributed by atoms with E-state index in [9.17, 15) is 4.79 Å². The van der Waals surface area contributed by atoms with Crippen LogP contribution in [0.5, 0.6) is 0 Å². The molecular weight excluding hydrogens is 464 g/mol. The lowest BCUT2D eigenvalue weighted by molar-refractivity contribution is -0.121. The van der Waals surface area contributed by atoms with Crippen LogP contribution in [-0.2, 0) is 17.6 Å². The van der Waals surface area contributed by atoms with E-state index in [4.69, 9.17) is 0 Å². The summed E-state index contributed by atoms with van der Waals surface area (Å²) < 4.78 is 2.00. The summed E-state index contributed by atoms with van der Waals surface area (Å²) in [5.74, 6) is 1.78. The molecule has 0 spiro atoms. The van der Waals surface area contributed by atoms with Crippen LogP contribution in [0.25, 0.3) is 5.69 Å². The third-order valence-electron chi connectivity index (χ3n) is 5.35. The number of unbranched alkanes of at least 4 members (excludes halogenated alkanes) is 1. The van der Waals surface area contributed by atoms with Crippen LogP contribution < -0.4 is 5.32 Å². The highest BCUT2D eigenvalue weighted by Gasteiger charge is 2.07. The minimum atomic E-state index is 0.116. The fourth-order valence-corrected chi connectivity index (χ4v) is 3.65. The van der Waals surface area contributed by atoms with Crippen molar-refractivity contribution in [3.8, 4) is 5.69 Å². The van der Waals surface area contributed by atoms with Crippen LogP contribution in [0.1, 0.15) is 44.5 Å². The molecule has 2 aromatic carbocycles. The third-order valence-corrected chi connectivity index (χ3v) is 5.76. The largest absolute Gasteiger partial charge is 0.356 e. The molecule has 36 heavy (non-hydrogen) atoms. The van der Waals surface area contributed by atoms with Gasteiger partial charge in [-0.25, -0.2) is 0 Å². The molecule has 0 aliphatic rings. The molecule has 1 aromatic heterocycles.